The van der Waals surface area contributed by atoms with Gasteiger partial charge in [-0.3, -0.25) is 4.98 Å². The molecule has 0 aliphatic carbocycles. The van der Waals surface area contributed by atoms with Gasteiger partial charge in [0, 0.05) is 43.2 Å². The number of ether oxygens (including phenoxy) is 2. The minimum absolute atomic E-state index is 0.246. The minimum atomic E-state index is 0.246. The normalized spacial score (nSPS) is 22.8. The van der Waals surface area contributed by atoms with E-state index >= 15 is 0 Å². The zero-order valence-electron chi connectivity index (χ0n) is 15.8. The Morgan fingerprint density at radius 2 is 1.93 bits per heavy atom. The Kier molecular flexibility index (Phi) is 5.79. The Morgan fingerprint density at radius 1 is 1.11 bits per heavy atom. The van der Waals surface area contributed by atoms with E-state index < -0.39 is 0 Å². The highest BCUT2D eigenvalue weighted by molar-refractivity contribution is 5.45. The fourth-order valence-corrected chi connectivity index (χ4v) is 3.61. The summed E-state index contributed by atoms with van der Waals surface area (Å²) >= 11 is 0. The van der Waals surface area contributed by atoms with Crippen molar-refractivity contribution in [1.29, 1.82) is 0 Å². The third-order valence-electron chi connectivity index (χ3n) is 5.20. The lowest BCUT2D eigenvalue weighted by Gasteiger charge is -2.28. The Bertz CT molecular complexity index is 736. The lowest BCUT2D eigenvalue weighted by Crippen LogP contribution is -2.38. The van der Waals surface area contributed by atoms with Crippen LogP contribution in [0.3, 0.4) is 0 Å². The molecule has 2 aliphatic rings. The van der Waals surface area contributed by atoms with Crippen molar-refractivity contribution >= 4 is 11.8 Å². The van der Waals surface area contributed by atoms with Crippen molar-refractivity contribution in [1.82, 2.24) is 15.0 Å². The number of hydrogen-bond acceptors (Lipinski definition) is 7. The highest BCUT2D eigenvalue weighted by atomic mass is 16.5. The van der Waals surface area contributed by atoms with Crippen LogP contribution < -0.4 is 10.2 Å². The second kappa shape index (κ2) is 8.63. The maximum atomic E-state index is 5.77. The Balaban J connectivity index is 1.48. The van der Waals surface area contributed by atoms with Crippen LogP contribution in [0.4, 0.5) is 11.8 Å². The smallest absolute Gasteiger partial charge is 0.227 e. The number of morpholine rings is 1. The minimum Gasteiger partial charge on any atom is -0.379 e. The van der Waals surface area contributed by atoms with Gasteiger partial charge >= 0.3 is 0 Å². The van der Waals surface area contributed by atoms with Crippen LogP contribution in [0.15, 0.2) is 30.6 Å². The largest absolute Gasteiger partial charge is 0.379 e. The molecule has 1 N–H and O–H groups in total. The molecule has 0 bridgehead atoms. The average Bonchev–Trinajstić information content (AvgIpc) is 3.15. The topological polar surface area (TPSA) is 72.4 Å². The number of hydrogen-bond donors (Lipinski definition) is 1. The quantitative estimate of drug-likeness (QED) is 0.834. The molecule has 144 valence electrons. The summed E-state index contributed by atoms with van der Waals surface area (Å²) in [6.07, 6.45) is 5.55. The summed E-state index contributed by atoms with van der Waals surface area (Å²) in [5.41, 5.74) is 2.34. The molecule has 2 aliphatic heterocycles. The van der Waals surface area contributed by atoms with Crippen molar-refractivity contribution in [2.75, 3.05) is 49.7 Å². The molecule has 0 aromatic carbocycles. The van der Waals surface area contributed by atoms with E-state index in [0.717, 1.165) is 63.2 Å². The molecular weight excluding hydrogens is 342 g/mol. The fraction of sp³-hybridized carbons (Fsp3) is 0.550. The number of aryl methyl sites for hydroxylation is 1. The van der Waals surface area contributed by atoms with E-state index in [1.807, 2.05) is 12.4 Å². The predicted octanol–water partition coefficient (Wildman–Crippen LogP) is 1.94. The van der Waals surface area contributed by atoms with Gasteiger partial charge in [0.25, 0.3) is 0 Å². The summed E-state index contributed by atoms with van der Waals surface area (Å²) in [7, 11) is 0. The highest BCUT2D eigenvalue weighted by Crippen LogP contribution is 2.23. The van der Waals surface area contributed by atoms with Crippen LogP contribution in [-0.4, -0.2) is 60.5 Å². The van der Waals surface area contributed by atoms with Crippen molar-refractivity contribution in [2.24, 2.45) is 5.92 Å². The monoisotopic (exact) mass is 369 g/mol. The second-order valence-corrected chi connectivity index (χ2v) is 7.11. The first-order valence-corrected chi connectivity index (χ1v) is 9.75. The van der Waals surface area contributed by atoms with Crippen molar-refractivity contribution < 1.29 is 9.47 Å². The molecule has 7 nitrogen and oxygen atoms in total. The summed E-state index contributed by atoms with van der Waals surface area (Å²) in [6.45, 7) is 6.73. The maximum Gasteiger partial charge on any atom is 0.227 e. The molecule has 7 heteroatoms. The van der Waals surface area contributed by atoms with E-state index in [4.69, 9.17) is 19.4 Å². The van der Waals surface area contributed by atoms with Crippen LogP contribution in [0.25, 0.3) is 0 Å². The Hall–Kier alpha value is -2.25. The molecule has 0 radical (unpaired) electrons. The van der Waals surface area contributed by atoms with E-state index in [1.165, 1.54) is 5.56 Å². The summed E-state index contributed by atoms with van der Waals surface area (Å²) in [4.78, 5) is 15.8. The van der Waals surface area contributed by atoms with Crippen LogP contribution in [0.5, 0.6) is 0 Å². The fourth-order valence-electron chi connectivity index (χ4n) is 3.61. The number of pyridine rings is 1. The van der Waals surface area contributed by atoms with Gasteiger partial charge in [-0.15, -0.1) is 0 Å². The lowest BCUT2D eigenvalue weighted by molar-refractivity contribution is 0.122. The SMILES string of the molecule is CCc1cc(N[C@H]2COC[C@H]2Cc2ccncc2)nc(N2CCOCC2)n1. The summed E-state index contributed by atoms with van der Waals surface area (Å²) in [5.74, 6) is 2.10. The van der Waals surface area contributed by atoms with Gasteiger partial charge < -0.3 is 19.7 Å². The molecule has 0 unspecified atom stereocenters. The number of nitrogens with one attached hydrogen (secondary N) is 1. The molecule has 2 saturated heterocycles. The maximum absolute atomic E-state index is 5.77. The standard InChI is InChI=1S/C20H27N5O2/c1-2-17-12-19(24-20(22-17)25-7-9-26-10-8-25)23-18-14-27-13-16(18)11-15-3-5-21-6-4-15/h3-6,12,16,18H,2,7-11,13-14H2,1H3,(H,22,23,24)/t16-,18+/m1/s1. The van der Waals surface area contributed by atoms with Gasteiger partial charge in [0.15, 0.2) is 0 Å². The van der Waals surface area contributed by atoms with Gasteiger partial charge in [0.05, 0.1) is 32.5 Å². The van der Waals surface area contributed by atoms with Crippen LogP contribution >= 0.6 is 0 Å². The molecule has 2 fully saturated rings. The third-order valence-corrected chi connectivity index (χ3v) is 5.20. The van der Waals surface area contributed by atoms with Crippen molar-refractivity contribution in [3.05, 3.63) is 41.9 Å². The first-order valence-electron chi connectivity index (χ1n) is 9.75. The lowest BCUT2D eigenvalue weighted by atomic mass is 9.95. The summed E-state index contributed by atoms with van der Waals surface area (Å²) in [6, 6.07) is 6.46. The average molecular weight is 369 g/mol. The van der Waals surface area contributed by atoms with Crippen LogP contribution in [-0.2, 0) is 22.3 Å². The molecule has 0 saturated carbocycles. The van der Waals surface area contributed by atoms with Gasteiger partial charge in [-0.25, -0.2) is 4.98 Å². The number of aromatic nitrogens is 3. The molecule has 27 heavy (non-hydrogen) atoms. The molecule has 2 atom stereocenters. The van der Waals surface area contributed by atoms with Crippen LogP contribution in [0.1, 0.15) is 18.2 Å². The zero-order chi connectivity index (χ0) is 18.5. The summed E-state index contributed by atoms with van der Waals surface area (Å²) < 4.78 is 11.2. The highest BCUT2D eigenvalue weighted by Gasteiger charge is 2.29. The van der Waals surface area contributed by atoms with E-state index in [9.17, 15) is 0 Å². The molecular formula is C20H27N5O2. The zero-order valence-corrected chi connectivity index (χ0v) is 15.8. The van der Waals surface area contributed by atoms with Gasteiger partial charge in [0.1, 0.15) is 5.82 Å². The first kappa shape index (κ1) is 18.1. The van der Waals surface area contributed by atoms with Gasteiger partial charge in [-0.05, 0) is 30.5 Å². The molecule has 2 aromatic rings. The molecule has 4 heterocycles. The second-order valence-electron chi connectivity index (χ2n) is 7.11. The predicted molar refractivity (Wildman–Crippen MR) is 104 cm³/mol. The molecule has 0 amide bonds. The number of anilines is 2. The van der Waals surface area contributed by atoms with E-state index in [1.54, 1.807) is 0 Å². The van der Waals surface area contributed by atoms with Crippen molar-refractivity contribution in [3.8, 4) is 0 Å². The van der Waals surface area contributed by atoms with Crippen LogP contribution in [0, 0.1) is 5.92 Å². The molecule has 0 spiro atoms. The van der Waals surface area contributed by atoms with Crippen LogP contribution in [0.2, 0.25) is 0 Å². The van der Waals surface area contributed by atoms with Gasteiger partial charge in [0.2, 0.25) is 5.95 Å². The van der Waals surface area contributed by atoms with E-state index in [0.29, 0.717) is 12.5 Å². The Labute approximate surface area is 160 Å². The van der Waals surface area contributed by atoms with Gasteiger partial charge in [-0.2, -0.15) is 4.98 Å². The number of nitrogens with zero attached hydrogens (tertiary/aromatic N) is 4. The third kappa shape index (κ3) is 4.54. The first-order chi connectivity index (χ1) is 13.3. The Morgan fingerprint density at radius 3 is 2.70 bits per heavy atom. The van der Waals surface area contributed by atoms with E-state index in [-0.39, 0.29) is 6.04 Å². The van der Waals surface area contributed by atoms with Gasteiger partial charge in [-0.1, -0.05) is 6.92 Å². The van der Waals surface area contributed by atoms with E-state index in [2.05, 4.69) is 40.3 Å². The molecule has 4 rings (SSSR count). The van der Waals surface area contributed by atoms with Crippen molar-refractivity contribution in [3.63, 3.8) is 0 Å². The number of rotatable bonds is 6. The molecule has 2 aromatic heterocycles. The summed E-state index contributed by atoms with van der Waals surface area (Å²) in [5, 5.41) is 3.62. The van der Waals surface area contributed by atoms with Crippen molar-refractivity contribution in [2.45, 2.75) is 25.8 Å².